The van der Waals surface area contributed by atoms with Gasteiger partial charge < -0.3 is 10.4 Å². The molecule has 2 N–H and O–H groups in total. The summed E-state index contributed by atoms with van der Waals surface area (Å²) >= 11 is 5.86. The van der Waals surface area contributed by atoms with Crippen LogP contribution in [0.2, 0.25) is 5.02 Å². The molecule has 0 bridgehead atoms. The Kier molecular flexibility index (Phi) is 3.88. The van der Waals surface area contributed by atoms with Crippen molar-refractivity contribution in [2.24, 2.45) is 0 Å². The minimum absolute atomic E-state index is 0.304. The third kappa shape index (κ3) is 2.93. The number of amides is 1. The molecule has 0 spiro atoms. The van der Waals surface area contributed by atoms with Crippen LogP contribution in [0.4, 0.5) is 0 Å². The molecule has 88 valence electrons. The van der Waals surface area contributed by atoms with Gasteiger partial charge >= 0.3 is 0 Å². The molecule has 1 heterocycles. The Morgan fingerprint density at radius 3 is 2.75 bits per heavy atom. The Morgan fingerprint density at radius 2 is 2.25 bits per heavy atom. The Bertz CT molecular complexity index is 391. The number of aromatic nitrogens is 1. The van der Waals surface area contributed by atoms with Gasteiger partial charge in [0.05, 0.1) is 22.2 Å². The van der Waals surface area contributed by atoms with E-state index in [1.807, 2.05) is 0 Å². The van der Waals surface area contributed by atoms with Crippen molar-refractivity contribution in [3.63, 3.8) is 0 Å². The summed E-state index contributed by atoms with van der Waals surface area (Å²) in [6, 6.07) is 1.55. The number of pyridine rings is 1. The van der Waals surface area contributed by atoms with Gasteiger partial charge in [0, 0.05) is 12.4 Å². The normalized spacial score (nSPS) is 13.3. The minimum Gasteiger partial charge on any atom is -0.391 e. The van der Waals surface area contributed by atoms with Gasteiger partial charge in [-0.05, 0) is 26.8 Å². The molecule has 16 heavy (non-hydrogen) atoms. The molecule has 4 nitrogen and oxygen atoms in total. The number of carbonyl (C=O) groups excluding carboxylic acids is 1. The van der Waals surface area contributed by atoms with Crippen molar-refractivity contribution in [2.75, 3.05) is 0 Å². The first kappa shape index (κ1) is 12.9. The summed E-state index contributed by atoms with van der Waals surface area (Å²) in [5.41, 5.74) is -0.408. The molecule has 0 aliphatic rings. The molecule has 0 fully saturated rings. The number of hydrogen-bond donors (Lipinski definition) is 2. The van der Waals surface area contributed by atoms with Crippen molar-refractivity contribution in [1.82, 2.24) is 10.3 Å². The summed E-state index contributed by atoms with van der Waals surface area (Å²) < 4.78 is 0. The third-order valence-electron chi connectivity index (χ3n) is 2.49. The van der Waals surface area contributed by atoms with Crippen molar-refractivity contribution in [1.29, 1.82) is 0 Å². The van der Waals surface area contributed by atoms with Crippen molar-refractivity contribution >= 4 is 17.5 Å². The number of rotatable bonds is 3. The molecule has 1 unspecified atom stereocenters. The van der Waals surface area contributed by atoms with Gasteiger partial charge in [-0.1, -0.05) is 11.6 Å². The smallest absolute Gasteiger partial charge is 0.254 e. The van der Waals surface area contributed by atoms with Gasteiger partial charge in [-0.3, -0.25) is 9.78 Å². The standard InChI is InChI=1S/C11H15ClN2O2/c1-7(15)11(2,3)14-10(16)8-6-13-5-4-9(8)12/h4-7,15H,1-3H3,(H,14,16). The van der Waals surface area contributed by atoms with Crippen LogP contribution in [0.1, 0.15) is 31.1 Å². The Balaban J connectivity index is 2.85. The second kappa shape index (κ2) is 4.80. The lowest BCUT2D eigenvalue weighted by molar-refractivity contribution is 0.0709. The van der Waals surface area contributed by atoms with Crippen LogP contribution in [0, 0.1) is 0 Å². The molecule has 0 aromatic carbocycles. The lowest BCUT2D eigenvalue weighted by Crippen LogP contribution is -2.51. The summed E-state index contributed by atoms with van der Waals surface area (Å²) in [6.07, 6.45) is 2.25. The first-order valence-electron chi connectivity index (χ1n) is 4.94. The van der Waals surface area contributed by atoms with E-state index in [1.54, 1.807) is 26.8 Å². The summed E-state index contributed by atoms with van der Waals surface area (Å²) in [5.74, 6) is -0.344. The van der Waals surface area contributed by atoms with E-state index < -0.39 is 11.6 Å². The largest absolute Gasteiger partial charge is 0.391 e. The summed E-state index contributed by atoms with van der Waals surface area (Å²) in [6.45, 7) is 5.09. The highest BCUT2D eigenvalue weighted by molar-refractivity contribution is 6.33. The summed E-state index contributed by atoms with van der Waals surface area (Å²) in [5, 5.41) is 12.5. The van der Waals surface area contributed by atoms with E-state index in [4.69, 9.17) is 11.6 Å². The van der Waals surface area contributed by atoms with E-state index in [-0.39, 0.29) is 5.91 Å². The Morgan fingerprint density at radius 1 is 1.62 bits per heavy atom. The Hall–Kier alpha value is -1.13. The Labute approximate surface area is 99.6 Å². The second-order valence-electron chi connectivity index (χ2n) is 4.21. The van der Waals surface area contributed by atoms with Crippen LogP contribution in [0.15, 0.2) is 18.5 Å². The highest BCUT2D eigenvalue weighted by Gasteiger charge is 2.27. The second-order valence-corrected chi connectivity index (χ2v) is 4.61. The van der Waals surface area contributed by atoms with Crippen molar-refractivity contribution < 1.29 is 9.90 Å². The number of carbonyl (C=O) groups is 1. The lowest BCUT2D eigenvalue weighted by Gasteiger charge is -2.29. The zero-order valence-electron chi connectivity index (χ0n) is 9.49. The molecule has 5 heteroatoms. The molecule has 1 aromatic heterocycles. The monoisotopic (exact) mass is 242 g/mol. The minimum atomic E-state index is -0.712. The van der Waals surface area contributed by atoms with Gasteiger partial charge in [0.25, 0.3) is 5.91 Å². The van der Waals surface area contributed by atoms with Gasteiger partial charge in [0.15, 0.2) is 0 Å². The highest BCUT2D eigenvalue weighted by atomic mass is 35.5. The van der Waals surface area contributed by atoms with Crippen molar-refractivity contribution in [3.05, 3.63) is 29.0 Å². The van der Waals surface area contributed by atoms with Crippen molar-refractivity contribution in [2.45, 2.75) is 32.4 Å². The van der Waals surface area contributed by atoms with Gasteiger partial charge in [-0.25, -0.2) is 0 Å². The van der Waals surface area contributed by atoms with Crippen LogP contribution in [0.3, 0.4) is 0 Å². The fourth-order valence-corrected chi connectivity index (χ4v) is 1.20. The number of hydrogen-bond acceptors (Lipinski definition) is 3. The third-order valence-corrected chi connectivity index (χ3v) is 2.82. The molecular formula is C11H15ClN2O2. The van der Waals surface area contributed by atoms with E-state index in [0.29, 0.717) is 10.6 Å². The fourth-order valence-electron chi connectivity index (χ4n) is 1.01. The van der Waals surface area contributed by atoms with E-state index >= 15 is 0 Å². The fraction of sp³-hybridized carbons (Fsp3) is 0.455. The van der Waals surface area contributed by atoms with Gasteiger partial charge in [0.2, 0.25) is 0 Å². The van der Waals surface area contributed by atoms with Crippen LogP contribution in [0.5, 0.6) is 0 Å². The topological polar surface area (TPSA) is 62.2 Å². The van der Waals surface area contributed by atoms with E-state index in [9.17, 15) is 9.90 Å². The SMILES string of the molecule is CC(O)C(C)(C)NC(=O)c1cnccc1Cl. The van der Waals surface area contributed by atoms with Crippen LogP contribution in [-0.4, -0.2) is 27.6 Å². The predicted molar refractivity (Wildman–Crippen MR) is 62.5 cm³/mol. The van der Waals surface area contributed by atoms with E-state index in [2.05, 4.69) is 10.3 Å². The summed E-state index contributed by atoms with van der Waals surface area (Å²) in [4.78, 5) is 15.7. The molecule has 0 saturated carbocycles. The zero-order valence-corrected chi connectivity index (χ0v) is 10.2. The van der Waals surface area contributed by atoms with Gasteiger partial charge in [-0.15, -0.1) is 0 Å². The number of nitrogens with zero attached hydrogens (tertiary/aromatic N) is 1. The quantitative estimate of drug-likeness (QED) is 0.847. The first-order valence-corrected chi connectivity index (χ1v) is 5.32. The number of aliphatic hydroxyl groups excluding tert-OH is 1. The summed E-state index contributed by atoms with van der Waals surface area (Å²) in [7, 11) is 0. The van der Waals surface area contributed by atoms with Gasteiger partial charge in [0.1, 0.15) is 0 Å². The molecule has 0 radical (unpaired) electrons. The predicted octanol–water partition coefficient (Wildman–Crippen LogP) is 1.62. The lowest BCUT2D eigenvalue weighted by atomic mass is 9.98. The molecule has 1 atom stereocenters. The molecule has 0 aliphatic carbocycles. The highest BCUT2D eigenvalue weighted by Crippen LogP contribution is 2.16. The van der Waals surface area contributed by atoms with Crippen LogP contribution < -0.4 is 5.32 Å². The molecule has 0 aliphatic heterocycles. The van der Waals surface area contributed by atoms with E-state index in [1.165, 1.54) is 12.4 Å². The number of halogens is 1. The molecule has 1 aromatic rings. The van der Waals surface area contributed by atoms with Gasteiger partial charge in [-0.2, -0.15) is 0 Å². The average Bonchev–Trinajstić information content (AvgIpc) is 2.17. The number of aliphatic hydroxyl groups is 1. The first-order chi connectivity index (χ1) is 7.34. The van der Waals surface area contributed by atoms with Crippen LogP contribution in [-0.2, 0) is 0 Å². The molecule has 1 amide bonds. The van der Waals surface area contributed by atoms with E-state index in [0.717, 1.165) is 0 Å². The van der Waals surface area contributed by atoms with Crippen LogP contribution in [0.25, 0.3) is 0 Å². The molecule has 1 rings (SSSR count). The maximum atomic E-state index is 11.8. The average molecular weight is 243 g/mol. The zero-order chi connectivity index (χ0) is 12.3. The molecular weight excluding hydrogens is 228 g/mol. The maximum absolute atomic E-state index is 11.8. The van der Waals surface area contributed by atoms with Crippen molar-refractivity contribution in [3.8, 4) is 0 Å². The maximum Gasteiger partial charge on any atom is 0.254 e. The van der Waals surface area contributed by atoms with Crippen LogP contribution >= 0.6 is 11.6 Å². The number of nitrogens with one attached hydrogen (secondary N) is 1. The molecule has 0 saturated heterocycles.